The van der Waals surface area contributed by atoms with Crippen LogP contribution in [0.2, 0.25) is 0 Å². The van der Waals surface area contributed by atoms with Gasteiger partial charge in [-0.3, -0.25) is 4.79 Å². The topological polar surface area (TPSA) is 74.6 Å². The summed E-state index contributed by atoms with van der Waals surface area (Å²) in [6, 6.07) is 10.1. The van der Waals surface area contributed by atoms with Crippen molar-refractivity contribution in [3.63, 3.8) is 0 Å². The summed E-state index contributed by atoms with van der Waals surface area (Å²) in [5.41, 5.74) is 0.939. The lowest BCUT2D eigenvalue weighted by Crippen LogP contribution is -1.95. The Morgan fingerprint density at radius 1 is 1.00 bits per heavy atom. The van der Waals surface area contributed by atoms with Gasteiger partial charge in [-0.1, -0.05) is 24.0 Å². The molecule has 4 heteroatoms. The van der Waals surface area contributed by atoms with Crippen LogP contribution < -0.4 is 0 Å². The van der Waals surface area contributed by atoms with Gasteiger partial charge in [0.1, 0.15) is 6.42 Å². The summed E-state index contributed by atoms with van der Waals surface area (Å²) in [5.74, 6) is 3.39. The highest BCUT2D eigenvalue weighted by atomic mass is 16.4. The number of carboxylic acid groups (broad SMARTS) is 2. The Bertz CT molecular complexity index is 720. The molecule has 0 spiro atoms. The maximum atomic E-state index is 10.8. The third-order valence-electron chi connectivity index (χ3n) is 2.56. The Morgan fingerprint density at radius 2 is 1.68 bits per heavy atom. The summed E-state index contributed by atoms with van der Waals surface area (Å²) in [6.45, 7) is 0. The number of aliphatic carboxylic acids is 1. The molecule has 0 bridgehead atoms. The van der Waals surface area contributed by atoms with Gasteiger partial charge in [0.05, 0.1) is 5.56 Å². The van der Waals surface area contributed by atoms with E-state index in [1.54, 1.807) is 30.3 Å². The van der Waals surface area contributed by atoms with Crippen LogP contribution in [0, 0.1) is 11.8 Å². The Kier molecular flexibility index (Phi) is 3.48. The van der Waals surface area contributed by atoms with E-state index in [1.807, 2.05) is 0 Å². The Labute approximate surface area is 109 Å². The number of fused-ring (bicyclic) bond motifs is 1. The molecule has 2 rings (SSSR count). The lowest BCUT2D eigenvalue weighted by molar-refractivity contribution is -0.135. The second-order valence-electron chi connectivity index (χ2n) is 3.95. The molecule has 0 radical (unpaired) electrons. The van der Waals surface area contributed by atoms with Crippen molar-refractivity contribution in [1.29, 1.82) is 0 Å². The summed E-state index contributed by atoms with van der Waals surface area (Å²) in [4.78, 5) is 21.2. The summed E-state index contributed by atoms with van der Waals surface area (Å²) < 4.78 is 0. The highest BCUT2D eigenvalue weighted by molar-refractivity contribution is 5.94. The summed E-state index contributed by atoms with van der Waals surface area (Å²) >= 11 is 0. The minimum absolute atomic E-state index is 0.198. The first-order valence-corrected chi connectivity index (χ1v) is 5.54. The molecule has 19 heavy (non-hydrogen) atoms. The fraction of sp³-hybridized carbons (Fsp3) is 0.0667. The van der Waals surface area contributed by atoms with Gasteiger partial charge in [0.2, 0.25) is 0 Å². The monoisotopic (exact) mass is 254 g/mol. The van der Waals surface area contributed by atoms with E-state index in [0.717, 1.165) is 10.8 Å². The van der Waals surface area contributed by atoms with Crippen molar-refractivity contribution in [2.45, 2.75) is 6.42 Å². The van der Waals surface area contributed by atoms with Crippen LogP contribution in [0.3, 0.4) is 0 Å². The van der Waals surface area contributed by atoms with Crippen LogP contribution in [0.4, 0.5) is 0 Å². The lowest BCUT2D eigenvalue weighted by Gasteiger charge is -2.00. The molecular weight excluding hydrogens is 244 g/mol. The highest BCUT2D eigenvalue weighted by Gasteiger charge is 2.03. The van der Waals surface area contributed by atoms with Crippen LogP contribution in [-0.2, 0) is 4.79 Å². The first-order valence-electron chi connectivity index (χ1n) is 5.54. The molecule has 2 aromatic carbocycles. The second kappa shape index (κ2) is 5.23. The zero-order valence-electron chi connectivity index (χ0n) is 9.88. The van der Waals surface area contributed by atoms with Crippen molar-refractivity contribution < 1.29 is 19.8 Å². The molecule has 94 valence electrons. The van der Waals surface area contributed by atoms with E-state index in [4.69, 9.17) is 10.2 Å². The predicted octanol–water partition coefficient (Wildman–Crippen LogP) is 2.36. The van der Waals surface area contributed by atoms with Gasteiger partial charge in [0.15, 0.2) is 0 Å². The van der Waals surface area contributed by atoms with Crippen molar-refractivity contribution >= 4 is 22.7 Å². The SMILES string of the molecule is O=C(O)CC#Cc1ccc2cc(C(=O)O)ccc2c1. The van der Waals surface area contributed by atoms with Gasteiger partial charge >= 0.3 is 11.9 Å². The Hall–Kier alpha value is -2.80. The molecule has 0 fully saturated rings. The van der Waals surface area contributed by atoms with Gasteiger partial charge in [-0.25, -0.2) is 4.79 Å². The van der Waals surface area contributed by atoms with Crippen molar-refractivity contribution in [2.75, 3.05) is 0 Å². The van der Waals surface area contributed by atoms with Crippen LogP contribution in [0.25, 0.3) is 10.8 Å². The molecule has 2 aromatic rings. The number of benzene rings is 2. The molecule has 0 heterocycles. The fourth-order valence-electron chi connectivity index (χ4n) is 1.68. The van der Waals surface area contributed by atoms with E-state index in [1.165, 1.54) is 6.07 Å². The molecule has 0 aliphatic heterocycles. The van der Waals surface area contributed by atoms with Crippen LogP contribution >= 0.6 is 0 Å². The molecule has 0 saturated carbocycles. The molecule has 0 aliphatic carbocycles. The molecule has 0 saturated heterocycles. The van der Waals surface area contributed by atoms with Crippen molar-refractivity contribution in [1.82, 2.24) is 0 Å². The first kappa shape index (κ1) is 12.7. The summed E-state index contributed by atoms with van der Waals surface area (Å²) in [5, 5.41) is 19.1. The average molecular weight is 254 g/mol. The lowest BCUT2D eigenvalue weighted by atomic mass is 10.0. The minimum atomic E-state index is -0.966. The summed E-state index contributed by atoms with van der Waals surface area (Å²) in [7, 11) is 0. The number of carbonyl (C=O) groups is 2. The molecule has 4 nitrogen and oxygen atoms in total. The quantitative estimate of drug-likeness (QED) is 0.807. The number of carboxylic acids is 2. The standard InChI is InChI=1S/C15H10O4/c16-14(17)3-1-2-10-4-5-12-9-13(15(18)19)7-6-11(12)8-10/h4-9H,3H2,(H,16,17)(H,18,19). The third kappa shape index (κ3) is 3.11. The Morgan fingerprint density at radius 3 is 2.37 bits per heavy atom. The van der Waals surface area contributed by atoms with E-state index >= 15 is 0 Å². The predicted molar refractivity (Wildman–Crippen MR) is 70.0 cm³/mol. The van der Waals surface area contributed by atoms with Crippen molar-refractivity contribution in [3.05, 3.63) is 47.5 Å². The van der Waals surface area contributed by atoms with Crippen LogP contribution in [0.1, 0.15) is 22.3 Å². The van der Waals surface area contributed by atoms with Gasteiger partial charge in [0.25, 0.3) is 0 Å². The molecule has 0 unspecified atom stereocenters. The van der Waals surface area contributed by atoms with Gasteiger partial charge < -0.3 is 10.2 Å². The zero-order chi connectivity index (χ0) is 13.8. The van der Waals surface area contributed by atoms with Gasteiger partial charge in [-0.15, -0.1) is 0 Å². The van der Waals surface area contributed by atoms with Crippen LogP contribution in [-0.4, -0.2) is 22.2 Å². The number of aromatic carboxylic acids is 1. The average Bonchev–Trinajstić information content (AvgIpc) is 2.37. The Balaban J connectivity index is 2.35. The molecular formula is C15H10O4. The number of hydrogen-bond donors (Lipinski definition) is 2. The second-order valence-corrected chi connectivity index (χ2v) is 3.95. The van der Waals surface area contributed by atoms with Crippen molar-refractivity contribution in [2.24, 2.45) is 0 Å². The minimum Gasteiger partial charge on any atom is -0.481 e. The van der Waals surface area contributed by atoms with E-state index in [2.05, 4.69) is 11.8 Å². The van der Waals surface area contributed by atoms with E-state index in [9.17, 15) is 9.59 Å². The maximum absolute atomic E-state index is 10.8. The number of hydrogen-bond acceptors (Lipinski definition) is 2. The smallest absolute Gasteiger partial charge is 0.335 e. The third-order valence-corrected chi connectivity index (χ3v) is 2.56. The molecule has 0 atom stereocenters. The fourth-order valence-corrected chi connectivity index (χ4v) is 1.68. The van der Waals surface area contributed by atoms with Crippen molar-refractivity contribution in [3.8, 4) is 11.8 Å². The zero-order valence-corrected chi connectivity index (χ0v) is 9.88. The normalized spacial score (nSPS) is 9.68. The largest absolute Gasteiger partial charge is 0.481 e. The van der Waals surface area contributed by atoms with E-state index < -0.39 is 11.9 Å². The van der Waals surface area contributed by atoms with Gasteiger partial charge in [0, 0.05) is 5.56 Å². The van der Waals surface area contributed by atoms with E-state index in [-0.39, 0.29) is 12.0 Å². The van der Waals surface area contributed by atoms with Gasteiger partial charge in [-0.05, 0) is 35.0 Å². The summed E-state index contributed by atoms with van der Waals surface area (Å²) in [6.07, 6.45) is -0.198. The highest BCUT2D eigenvalue weighted by Crippen LogP contribution is 2.17. The molecule has 0 aliphatic rings. The van der Waals surface area contributed by atoms with Crippen LogP contribution in [0.15, 0.2) is 36.4 Å². The van der Waals surface area contributed by atoms with Crippen LogP contribution in [0.5, 0.6) is 0 Å². The first-order chi connectivity index (χ1) is 9.06. The molecule has 2 N–H and O–H groups in total. The van der Waals surface area contributed by atoms with Gasteiger partial charge in [-0.2, -0.15) is 0 Å². The van der Waals surface area contributed by atoms with E-state index in [0.29, 0.717) is 5.56 Å². The maximum Gasteiger partial charge on any atom is 0.335 e. The number of rotatable bonds is 2. The molecule has 0 amide bonds. The molecule has 0 aromatic heterocycles.